The summed E-state index contributed by atoms with van der Waals surface area (Å²) >= 11 is 0. The number of hydrogen-bond acceptors (Lipinski definition) is 4. The van der Waals surface area contributed by atoms with Gasteiger partial charge in [0.25, 0.3) is 0 Å². The van der Waals surface area contributed by atoms with Crippen molar-refractivity contribution in [2.24, 2.45) is 17.8 Å². The number of hydrogen-bond donors (Lipinski definition) is 0. The molecule has 0 amide bonds. The molecule has 0 saturated heterocycles. The van der Waals surface area contributed by atoms with Crippen LogP contribution in [0.15, 0.2) is 60.9 Å². The summed E-state index contributed by atoms with van der Waals surface area (Å²) in [4.78, 5) is 24.8. The molecule has 0 bridgehead atoms. The highest BCUT2D eigenvalue weighted by Gasteiger charge is 2.52. The van der Waals surface area contributed by atoms with Crippen molar-refractivity contribution in [3.63, 3.8) is 0 Å². The summed E-state index contributed by atoms with van der Waals surface area (Å²) in [7, 11) is 0. The van der Waals surface area contributed by atoms with Crippen LogP contribution in [0, 0.1) is 17.8 Å². The molecular formula is C27H27N3O. The minimum Gasteiger partial charge on any atom is -0.309 e. The van der Waals surface area contributed by atoms with Gasteiger partial charge in [0.15, 0.2) is 5.78 Å². The van der Waals surface area contributed by atoms with E-state index in [1.54, 1.807) is 0 Å². The minimum atomic E-state index is 0.166. The van der Waals surface area contributed by atoms with Gasteiger partial charge in [-0.15, -0.1) is 0 Å². The number of anilines is 2. The first-order chi connectivity index (χ1) is 15.1. The van der Waals surface area contributed by atoms with Gasteiger partial charge in [-0.1, -0.05) is 56.3 Å². The van der Waals surface area contributed by atoms with E-state index >= 15 is 0 Å². The third-order valence-corrected chi connectivity index (χ3v) is 7.94. The summed E-state index contributed by atoms with van der Waals surface area (Å²) in [6.07, 6.45) is 7.21. The molecular weight excluding hydrogens is 382 g/mol. The maximum absolute atomic E-state index is 13.2. The number of nitrogens with zero attached hydrogens (tertiary/aromatic N) is 3. The van der Waals surface area contributed by atoms with Gasteiger partial charge in [0.2, 0.25) is 5.95 Å². The van der Waals surface area contributed by atoms with Crippen molar-refractivity contribution in [3.05, 3.63) is 72.1 Å². The van der Waals surface area contributed by atoms with Crippen LogP contribution in [0.25, 0.3) is 11.1 Å². The second-order valence-electron chi connectivity index (χ2n) is 9.78. The van der Waals surface area contributed by atoms with E-state index in [2.05, 4.69) is 49.1 Å². The van der Waals surface area contributed by atoms with Gasteiger partial charge in [-0.2, -0.15) is 0 Å². The molecule has 2 fully saturated rings. The predicted molar refractivity (Wildman–Crippen MR) is 123 cm³/mol. The number of carbonyl (C=O) groups is 1. The van der Waals surface area contributed by atoms with E-state index in [1.165, 1.54) is 18.4 Å². The molecule has 2 unspecified atom stereocenters. The van der Waals surface area contributed by atoms with Crippen molar-refractivity contribution in [2.75, 3.05) is 11.4 Å². The Morgan fingerprint density at radius 1 is 1.00 bits per heavy atom. The van der Waals surface area contributed by atoms with Gasteiger partial charge >= 0.3 is 0 Å². The maximum Gasteiger partial charge on any atom is 0.229 e. The number of ketones is 1. The Morgan fingerprint density at radius 3 is 2.39 bits per heavy atom. The molecule has 1 spiro atoms. The summed E-state index contributed by atoms with van der Waals surface area (Å²) in [6.45, 7) is 5.35. The second-order valence-corrected chi connectivity index (χ2v) is 9.78. The average Bonchev–Trinajstić information content (AvgIpc) is 3.53. The highest BCUT2D eigenvalue weighted by Crippen LogP contribution is 2.58. The molecule has 3 aromatic rings. The Balaban J connectivity index is 1.33. The zero-order valence-electron chi connectivity index (χ0n) is 18.1. The Bertz CT molecular complexity index is 1150. The van der Waals surface area contributed by atoms with E-state index in [0.29, 0.717) is 17.6 Å². The summed E-state index contributed by atoms with van der Waals surface area (Å²) in [6, 6.07) is 16.6. The Hall–Kier alpha value is -3.01. The standard InChI is InChI=1S/C27H27N3O/c1-17-12-22(18(17)2)25(31)20-8-9-23-24(13-20)30(16-27(23)10-11-27)26-28-14-21(15-29-26)19-6-4-3-5-7-19/h3-9,13-15,17-18,22H,10-12,16H2,1-2H3/t17-,18?,22?/m1/s1. The lowest BCUT2D eigenvalue weighted by molar-refractivity contribution is 0.0597. The zero-order valence-corrected chi connectivity index (χ0v) is 18.1. The van der Waals surface area contributed by atoms with Crippen LogP contribution in [-0.2, 0) is 5.41 Å². The molecule has 2 heterocycles. The molecule has 2 saturated carbocycles. The fraction of sp³-hybridized carbons (Fsp3) is 0.370. The van der Waals surface area contributed by atoms with E-state index in [4.69, 9.17) is 9.97 Å². The molecule has 156 valence electrons. The minimum absolute atomic E-state index is 0.166. The third kappa shape index (κ3) is 2.92. The lowest BCUT2D eigenvalue weighted by Crippen LogP contribution is -2.38. The van der Waals surface area contributed by atoms with Gasteiger partial charge in [0, 0.05) is 47.1 Å². The van der Waals surface area contributed by atoms with Gasteiger partial charge in [-0.3, -0.25) is 4.79 Å². The van der Waals surface area contributed by atoms with Crippen LogP contribution in [0.2, 0.25) is 0 Å². The first kappa shape index (κ1) is 18.7. The normalized spacial score (nSPS) is 25.2. The number of aromatic nitrogens is 2. The van der Waals surface area contributed by atoms with Crippen LogP contribution in [0.1, 0.15) is 49.0 Å². The number of carbonyl (C=O) groups excluding carboxylic acids is 1. The molecule has 6 rings (SSSR count). The van der Waals surface area contributed by atoms with Crippen molar-refractivity contribution in [1.29, 1.82) is 0 Å². The van der Waals surface area contributed by atoms with Crippen molar-refractivity contribution in [3.8, 4) is 11.1 Å². The van der Waals surface area contributed by atoms with Crippen LogP contribution in [0.4, 0.5) is 11.6 Å². The lowest BCUT2D eigenvalue weighted by atomic mass is 9.64. The van der Waals surface area contributed by atoms with E-state index < -0.39 is 0 Å². The molecule has 0 radical (unpaired) electrons. The monoisotopic (exact) mass is 409 g/mol. The van der Waals surface area contributed by atoms with E-state index in [0.717, 1.165) is 41.3 Å². The summed E-state index contributed by atoms with van der Waals surface area (Å²) in [5.41, 5.74) is 5.67. The lowest BCUT2D eigenvalue weighted by Gasteiger charge is -2.39. The molecule has 0 N–H and O–H groups in total. The smallest absolute Gasteiger partial charge is 0.229 e. The number of fused-ring (bicyclic) bond motifs is 2. The van der Waals surface area contributed by atoms with Crippen molar-refractivity contribution < 1.29 is 4.79 Å². The Morgan fingerprint density at radius 2 is 1.74 bits per heavy atom. The number of Topliss-reactive ketones (excluding diaryl/α,β-unsaturated/α-hetero) is 1. The van der Waals surface area contributed by atoms with Crippen LogP contribution < -0.4 is 4.90 Å². The highest BCUT2D eigenvalue weighted by molar-refractivity contribution is 6.00. The molecule has 3 atom stereocenters. The topological polar surface area (TPSA) is 46.1 Å². The van der Waals surface area contributed by atoms with Crippen molar-refractivity contribution >= 4 is 17.4 Å². The van der Waals surface area contributed by atoms with Crippen LogP contribution in [0.5, 0.6) is 0 Å². The maximum atomic E-state index is 13.2. The van der Waals surface area contributed by atoms with E-state index in [-0.39, 0.29) is 11.3 Å². The molecule has 1 aromatic heterocycles. The largest absolute Gasteiger partial charge is 0.309 e. The fourth-order valence-corrected chi connectivity index (χ4v) is 5.42. The van der Waals surface area contributed by atoms with Crippen LogP contribution in [-0.4, -0.2) is 22.3 Å². The highest BCUT2D eigenvalue weighted by atomic mass is 16.1. The summed E-state index contributed by atoms with van der Waals surface area (Å²) in [5, 5.41) is 0. The van der Waals surface area contributed by atoms with Crippen molar-refractivity contribution in [2.45, 2.75) is 38.5 Å². The molecule has 31 heavy (non-hydrogen) atoms. The van der Waals surface area contributed by atoms with E-state index in [1.807, 2.05) is 30.6 Å². The van der Waals surface area contributed by atoms with Crippen LogP contribution >= 0.6 is 0 Å². The number of benzene rings is 2. The average molecular weight is 410 g/mol. The summed E-state index contributed by atoms with van der Waals surface area (Å²) < 4.78 is 0. The van der Waals surface area contributed by atoms with Gasteiger partial charge < -0.3 is 4.90 Å². The zero-order chi connectivity index (χ0) is 21.2. The summed E-state index contributed by atoms with van der Waals surface area (Å²) in [5.74, 6) is 2.30. The van der Waals surface area contributed by atoms with Gasteiger partial charge in [-0.25, -0.2) is 9.97 Å². The van der Waals surface area contributed by atoms with Gasteiger partial charge in [0.05, 0.1) is 0 Å². The van der Waals surface area contributed by atoms with E-state index in [9.17, 15) is 4.79 Å². The first-order valence-electron chi connectivity index (χ1n) is 11.4. The SMILES string of the molecule is CC1C(C(=O)c2ccc3c(c2)N(c2ncc(-c4ccccc4)cn2)CC32CC2)C[C@H]1C. The Labute approximate surface area is 183 Å². The van der Waals surface area contributed by atoms with Gasteiger partial charge in [0.1, 0.15) is 0 Å². The number of rotatable bonds is 4. The van der Waals surface area contributed by atoms with Crippen molar-refractivity contribution in [1.82, 2.24) is 9.97 Å². The molecule has 3 aliphatic rings. The molecule has 2 aliphatic carbocycles. The first-order valence-corrected chi connectivity index (χ1v) is 11.4. The predicted octanol–water partition coefficient (Wildman–Crippen LogP) is 5.80. The quantitative estimate of drug-likeness (QED) is 0.511. The molecule has 4 nitrogen and oxygen atoms in total. The van der Waals surface area contributed by atoms with Gasteiger partial charge in [-0.05, 0) is 48.3 Å². The molecule has 1 aliphatic heterocycles. The second kappa shape index (κ2) is 6.74. The Kier molecular flexibility index (Phi) is 4.08. The molecule has 2 aromatic carbocycles. The third-order valence-electron chi connectivity index (χ3n) is 7.94. The van der Waals surface area contributed by atoms with Crippen LogP contribution in [0.3, 0.4) is 0 Å². The fourth-order valence-electron chi connectivity index (χ4n) is 5.42. The molecule has 4 heteroatoms.